The summed E-state index contributed by atoms with van der Waals surface area (Å²) in [5.74, 6) is 0. The zero-order chi connectivity index (χ0) is 13.5. The third kappa shape index (κ3) is 4.46. The second-order valence-electron chi connectivity index (χ2n) is 5.32. The predicted octanol–water partition coefficient (Wildman–Crippen LogP) is 3.00. The summed E-state index contributed by atoms with van der Waals surface area (Å²) >= 11 is 0. The topological polar surface area (TPSA) is 47.0 Å². The van der Waals surface area contributed by atoms with Crippen molar-refractivity contribution >= 4 is 0 Å². The van der Waals surface area contributed by atoms with Crippen molar-refractivity contribution in [2.24, 2.45) is 0 Å². The molecule has 106 valence electrons. The Morgan fingerprint density at radius 2 is 2.11 bits per heavy atom. The summed E-state index contributed by atoms with van der Waals surface area (Å²) in [7, 11) is 0. The summed E-state index contributed by atoms with van der Waals surface area (Å²) in [5.41, 5.74) is 2.17. The molecule has 1 aliphatic carbocycles. The highest BCUT2D eigenvalue weighted by molar-refractivity contribution is 5.17. The van der Waals surface area contributed by atoms with Crippen LogP contribution >= 0.6 is 0 Å². The van der Waals surface area contributed by atoms with Gasteiger partial charge in [-0.05, 0) is 45.6 Å². The van der Waals surface area contributed by atoms with Crippen LogP contribution in [0.25, 0.3) is 0 Å². The fraction of sp³-hybridized carbons (Fsp3) is 0.733. The molecular formula is C15H25N3O. The molecular weight excluding hydrogens is 238 g/mol. The van der Waals surface area contributed by atoms with E-state index in [4.69, 9.17) is 4.74 Å². The Labute approximate surface area is 116 Å². The van der Waals surface area contributed by atoms with Gasteiger partial charge in [-0.15, -0.1) is 0 Å². The van der Waals surface area contributed by atoms with Crippen LogP contribution in [0, 0.1) is 6.92 Å². The first-order valence-corrected chi connectivity index (χ1v) is 7.49. The predicted molar refractivity (Wildman–Crippen MR) is 76.3 cm³/mol. The van der Waals surface area contributed by atoms with E-state index in [-0.39, 0.29) is 0 Å². The first kappa shape index (κ1) is 14.3. The second kappa shape index (κ2) is 7.43. The molecule has 0 bridgehead atoms. The maximum Gasteiger partial charge on any atom is 0.316 e. The minimum atomic E-state index is 0.317. The quantitative estimate of drug-likeness (QED) is 0.801. The van der Waals surface area contributed by atoms with Gasteiger partial charge >= 0.3 is 6.01 Å². The van der Waals surface area contributed by atoms with Crippen molar-refractivity contribution in [3.8, 4) is 6.01 Å². The Hall–Kier alpha value is -1.16. The summed E-state index contributed by atoms with van der Waals surface area (Å²) in [6.45, 7) is 6.05. The molecule has 1 fully saturated rings. The van der Waals surface area contributed by atoms with Crippen molar-refractivity contribution in [2.45, 2.75) is 65.0 Å². The molecule has 1 aliphatic rings. The van der Waals surface area contributed by atoms with E-state index in [9.17, 15) is 0 Å². The summed E-state index contributed by atoms with van der Waals surface area (Å²) in [6, 6.07) is 0.545. The molecule has 0 radical (unpaired) electrons. The minimum Gasteiger partial charge on any atom is -0.460 e. The van der Waals surface area contributed by atoms with Gasteiger partial charge in [0.1, 0.15) is 6.10 Å². The lowest BCUT2D eigenvalue weighted by Gasteiger charge is -2.21. The summed E-state index contributed by atoms with van der Waals surface area (Å²) in [4.78, 5) is 8.81. The van der Waals surface area contributed by atoms with Gasteiger partial charge in [0.25, 0.3) is 0 Å². The molecule has 0 aliphatic heterocycles. The highest BCUT2D eigenvalue weighted by atomic mass is 16.5. The van der Waals surface area contributed by atoms with E-state index in [1.807, 2.05) is 13.1 Å². The summed E-state index contributed by atoms with van der Waals surface area (Å²) < 4.78 is 5.87. The van der Waals surface area contributed by atoms with Gasteiger partial charge in [-0.1, -0.05) is 13.3 Å². The van der Waals surface area contributed by atoms with E-state index >= 15 is 0 Å². The Bertz CT molecular complexity index is 389. The van der Waals surface area contributed by atoms with Crippen molar-refractivity contribution < 1.29 is 4.74 Å². The van der Waals surface area contributed by atoms with Gasteiger partial charge in [-0.3, -0.25) is 0 Å². The maximum atomic E-state index is 5.87. The van der Waals surface area contributed by atoms with E-state index in [2.05, 4.69) is 22.2 Å². The van der Waals surface area contributed by atoms with Crippen molar-refractivity contribution in [3.63, 3.8) is 0 Å². The number of rotatable bonds is 6. The molecule has 1 aromatic rings. The highest BCUT2D eigenvalue weighted by Gasteiger charge is 2.16. The molecule has 0 saturated heterocycles. The third-order valence-electron chi connectivity index (χ3n) is 3.63. The number of nitrogens with zero attached hydrogens (tertiary/aromatic N) is 2. The molecule has 2 rings (SSSR count). The molecule has 1 aromatic heterocycles. The van der Waals surface area contributed by atoms with E-state index < -0.39 is 0 Å². The first-order chi connectivity index (χ1) is 9.29. The van der Waals surface area contributed by atoms with Crippen molar-refractivity contribution in [1.29, 1.82) is 0 Å². The number of hydrogen-bond acceptors (Lipinski definition) is 4. The normalized spacial score (nSPS) is 16.5. The molecule has 1 N–H and O–H groups in total. The average Bonchev–Trinajstić information content (AvgIpc) is 2.43. The van der Waals surface area contributed by atoms with Gasteiger partial charge in [-0.2, -0.15) is 0 Å². The molecule has 0 spiro atoms. The number of aromatic nitrogens is 2. The number of hydrogen-bond donors (Lipinski definition) is 1. The Morgan fingerprint density at radius 1 is 1.32 bits per heavy atom. The standard InChI is InChI=1S/C15H25N3O/c1-3-9-16-10-13-11-17-15(18-12(13)2)19-14-7-5-4-6-8-14/h11,14,16H,3-10H2,1-2H3. The van der Waals surface area contributed by atoms with Crippen LogP contribution in [-0.2, 0) is 6.54 Å². The lowest BCUT2D eigenvalue weighted by Crippen LogP contribution is -2.21. The van der Waals surface area contributed by atoms with Crippen LogP contribution in [0.15, 0.2) is 6.20 Å². The second-order valence-corrected chi connectivity index (χ2v) is 5.32. The van der Waals surface area contributed by atoms with Gasteiger partial charge in [0, 0.05) is 24.0 Å². The first-order valence-electron chi connectivity index (χ1n) is 7.49. The fourth-order valence-electron chi connectivity index (χ4n) is 2.43. The van der Waals surface area contributed by atoms with E-state index in [0.717, 1.165) is 43.6 Å². The molecule has 0 unspecified atom stereocenters. The van der Waals surface area contributed by atoms with Crippen LogP contribution in [0.2, 0.25) is 0 Å². The molecule has 4 nitrogen and oxygen atoms in total. The summed E-state index contributed by atoms with van der Waals surface area (Å²) in [5, 5.41) is 3.37. The Balaban J connectivity index is 1.90. The fourth-order valence-corrected chi connectivity index (χ4v) is 2.43. The molecule has 19 heavy (non-hydrogen) atoms. The smallest absolute Gasteiger partial charge is 0.316 e. The Kier molecular flexibility index (Phi) is 5.58. The molecule has 1 heterocycles. The van der Waals surface area contributed by atoms with Gasteiger partial charge in [0.2, 0.25) is 0 Å². The van der Waals surface area contributed by atoms with E-state index in [1.165, 1.54) is 19.3 Å². The number of nitrogens with one attached hydrogen (secondary N) is 1. The number of aryl methyl sites for hydroxylation is 1. The maximum absolute atomic E-state index is 5.87. The van der Waals surface area contributed by atoms with Crippen LogP contribution < -0.4 is 10.1 Å². The van der Waals surface area contributed by atoms with Crippen LogP contribution in [0.5, 0.6) is 6.01 Å². The van der Waals surface area contributed by atoms with Crippen molar-refractivity contribution in [1.82, 2.24) is 15.3 Å². The largest absolute Gasteiger partial charge is 0.460 e. The molecule has 0 atom stereocenters. The highest BCUT2D eigenvalue weighted by Crippen LogP contribution is 2.21. The summed E-state index contributed by atoms with van der Waals surface area (Å²) in [6.07, 6.45) is 9.50. The molecule has 4 heteroatoms. The molecule has 1 saturated carbocycles. The number of ether oxygens (including phenoxy) is 1. The van der Waals surface area contributed by atoms with Gasteiger partial charge < -0.3 is 10.1 Å². The average molecular weight is 263 g/mol. The zero-order valence-electron chi connectivity index (χ0n) is 12.1. The van der Waals surface area contributed by atoms with Crippen molar-refractivity contribution in [2.75, 3.05) is 6.54 Å². The van der Waals surface area contributed by atoms with Crippen LogP contribution in [-0.4, -0.2) is 22.6 Å². The van der Waals surface area contributed by atoms with E-state index in [0.29, 0.717) is 12.1 Å². The third-order valence-corrected chi connectivity index (χ3v) is 3.63. The van der Waals surface area contributed by atoms with E-state index in [1.54, 1.807) is 0 Å². The lowest BCUT2D eigenvalue weighted by molar-refractivity contribution is 0.141. The SMILES string of the molecule is CCCNCc1cnc(OC2CCCCC2)nc1C. The lowest BCUT2D eigenvalue weighted by atomic mass is 9.98. The zero-order valence-corrected chi connectivity index (χ0v) is 12.1. The van der Waals surface area contributed by atoms with Gasteiger partial charge in [0.15, 0.2) is 0 Å². The van der Waals surface area contributed by atoms with Crippen molar-refractivity contribution in [3.05, 3.63) is 17.5 Å². The Morgan fingerprint density at radius 3 is 2.79 bits per heavy atom. The molecule has 0 aromatic carbocycles. The minimum absolute atomic E-state index is 0.317. The molecule has 0 amide bonds. The van der Waals surface area contributed by atoms with Crippen LogP contribution in [0.4, 0.5) is 0 Å². The van der Waals surface area contributed by atoms with Crippen LogP contribution in [0.3, 0.4) is 0 Å². The van der Waals surface area contributed by atoms with Gasteiger partial charge in [-0.25, -0.2) is 9.97 Å². The van der Waals surface area contributed by atoms with Gasteiger partial charge in [0.05, 0.1) is 0 Å². The van der Waals surface area contributed by atoms with Crippen LogP contribution in [0.1, 0.15) is 56.7 Å². The monoisotopic (exact) mass is 263 g/mol.